The number of aromatic nitrogens is 1. The highest BCUT2D eigenvalue weighted by molar-refractivity contribution is 5.83. The zero-order valence-electron chi connectivity index (χ0n) is 10.1. The maximum Gasteiger partial charge on any atom is 0.245 e. The molecule has 0 saturated carbocycles. The Morgan fingerprint density at radius 3 is 2.94 bits per heavy atom. The lowest BCUT2D eigenvalue weighted by molar-refractivity contribution is -0.123. The summed E-state index contributed by atoms with van der Waals surface area (Å²) in [6.45, 7) is 4.32. The van der Waals surface area contributed by atoms with E-state index in [2.05, 4.69) is 15.3 Å². The van der Waals surface area contributed by atoms with Crippen molar-refractivity contribution in [3.8, 4) is 0 Å². The summed E-state index contributed by atoms with van der Waals surface area (Å²) in [7, 11) is 0. The van der Waals surface area contributed by atoms with E-state index >= 15 is 0 Å². The lowest BCUT2D eigenvalue weighted by Gasteiger charge is -2.15. The van der Waals surface area contributed by atoms with Gasteiger partial charge in [0.1, 0.15) is 6.04 Å². The second-order valence-electron chi connectivity index (χ2n) is 4.07. The van der Waals surface area contributed by atoms with E-state index in [-0.39, 0.29) is 11.8 Å². The van der Waals surface area contributed by atoms with Crippen LogP contribution in [0.5, 0.6) is 0 Å². The van der Waals surface area contributed by atoms with Gasteiger partial charge in [0.25, 0.3) is 0 Å². The first kappa shape index (κ1) is 13.2. The lowest BCUT2D eigenvalue weighted by atomic mass is 10.0. The minimum atomic E-state index is -0.434. The molecule has 3 N–H and O–H groups in total. The van der Waals surface area contributed by atoms with Gasteiger partial charge >= 0.3 is 0 Å². The zero-order valence-corrected chi connectivity index (χ0v) is 10.1. The Bertz CT molecular complexity index is 375. The van der Waals surface area contributed by atoms with Crippen molar-refractivity contribution in [1.29, 1.82) is 0 Å². The molecule has 1 amide bonds. The average Bonchev–Trinajstić information content (AvgIpc) is 2.34. The second kappa shape index (κ2) is 6.62. The van der Waals surface area contributed by atoms with Gasteiger partial charge in [-0.15, -0.1) is 0 Å². The Kier molecular flexibility index (Phi) is 5.13. The molecule has 0 spiro atoms. The number of hydrogen-bond acceptors (Lipinski definition) is 3. The van der Waals surface area contributed by atoms with Gasteiger partial charge in [-0.1, -0.05) is 19.9 Å². The standard InChI is InChI=1S/C12H18N4O/c1-9(2)11(16-8-13)12(17)15-7-10-4-3-5-14-6-10/h3-6,8-9,11H,7H2,1-2H3,(H2,13,16)(H,15,17). The fraction of sp³-hybridized carbons (Fsp3) is 0.417. The van der Waals surface area contributed by atoms with Crippen LogP contribution in [0.1, 0.15) is 19.4 Å². The van der Waals surface area contributed by atoms with Crippen LogP contribution in [0.25, 0.3) is 0 Å². The van der Waals surface area contributed by atoms with E-state index in [1.807, 2.05) is 26.0 Å². The molecule has 1 heterocycles. The maximum atomic E-state index is 11.8. The predicted molar refractivity (Wildman–Crippen MR) is 67.4 cm³/mol. The number of aliphatic imine (C=N–C) groups is 1. The van der Waals surface area contributed by atoms with Gasteiger partial charge in [-0.25, -0.2) is 0 Å². The molecule has 1 atom stereocenters. The third-order valence-corrected chi connectivity index (χ3v) is 2.34. The average molecular weight is 234 g/mol. The molecule has 5 nitrogen and oxygen atoms in total. The first-order valence-electron chi connectivity index (χ1n) is 5.55. The summed E-state index contributed by atoms with van der Waals surface area (Å²) in [6.07, 6.45) is 4.59. The Labute approximate surface area is 101 Å². The van der Waals surface area contributed by atoms with E-state index in [4.69, 9.17) is 5.73 Å². The van der Waals surface area contributed by atoms with Crippen LogP contribution in [0.3, 0.4) is 0 Å². The monoisotopic (exact) mass is 234 g/mol. The van der Waals surface area contributed by atoms with E-state index in [9.17, 15) is 4.79 Å². The summed E-state index contributed by atoms with van der Waals surface area (Å²) in [5, 5.41) is 2.82. The van der Waals surface area contributed by atoms with Crippen LogP contribution >= 0.6 is 0 Å². The molecule has 17 heavy (non-hydrogen) atoms. The number of nitrogens with two attached hydrogens (primary N) is 1. The summed E-state index contributed by atoms with van der Waals surface area (Å²) >= 11 is 0. The fourth-order valence-electron chi connectivity index (χ4n) is 1.43. The minimum Gasteiger partial charge on any atom is -0.390 e. The van der Waals surface area contributed by atoms with E-state index < -0.39 is 6.04 Å². The Balaban J connectivity index is 2.53. The van der Waals surface area contributed by atoms with Gasteiger partial charge in [0.2, 0.25) is 5.91 Å². The summed E-state index contributed by atoms with van der Waals surface area (Å²) in [6, 6.07) is 3.31. The third-order valence-electron chi connectivity index (χ3n) is 2.34. The fourth-order valence-corrected chi connectivity index (χ4v) is 1.43. The highest BCUT2D eigenvalue weighted by Crippen LogP contribution is 2.06. The van der Waals surface area contributed by atoms with Crippen molar-refractivity contribution in [3.05, 3.63) is 30.1 Å². The van der Waals surface area contributed by atoms with Crippen LogP contribution in [0.4, 0.5) is 0 Å². The molecule has 1 rings (SSSR count). The van der Waals surface area contributed by atoms with Crippen LogP contribution < -0.4 is 11.1 Å². The predicted octanol–water partition coefficient (Wildman–Crippen LogP) is 0.709. The van der Waals surface area contributed by atoms with Crippen LogP contribution in [-0.2, 0) is 11.3 Å². The molecule has 0 saturated heterocycles. The van der Waals surface area contributed by atoms with Crippen molar-refractivity contribution in [2.75, 3.05) is 0 Å². The summed E-state index contributed by atoms with van der Waals surface area (Å²) in [4.78, 5) is 19.8. The number of amides is 1. The van der Waals surface area contributed by atoms with Gasteiger partial charge in [-0.3, -0.25) is 14.8 Å². The highest BCUT2D eigenvalue weighted by Gasteiger charge is 2.19. The number of pyridine rings is 1. The van der Waals surface area contributed by atoms with Gasteiger partial charge < -0.3 is 11.1 Å². The Morgan fingerprint density at radius 2 is 2.41 bits per heavy atom. The third kappa shape index (κ3) is 4.22. The number of nitrogens with one attached hydrogen (secondary N) is 1. The molecule has 0 fully saturated rings. The van der Waals surface area contributed by atoms with Gasteiger partial charge in [0.05, 0.1) is 6.34 Å². The molecule has 1 aromatic rings. The first-order valence-corrected chi connectivity index (χ1v) is 5.55. The number of carbonyl (C=O) groups is 1. The van der Waals surface area contributed by atoms with Gasteiger partial charge in [0, 0.05) is 18.9 Å². The summed E-state index contributed by atoms with van der Waals surface area (Å²) < 4.78 is 0. The number of nitrogens with zero attached hydrogens (tertiary/aromatic N) is 2. The quantitative estimate of drug-likeness (QED) is 0.581. The highest BCUT2D eigenvalue weighted by atomic mass is 16.2. The smallest absolute Gasteiger partial charge is 0.245 e. The van der Waals surface area contributed by atoms with Crippen LogP contribution in [0.15, 0.2) is 29.5 Å². The van der Waals surface area contributed by atoms with Crippen molar-refractivity contribution >= 4 is 12.2 Å². The molecule has 0 aliphatic carbocycles. The zero-order chi connectivity index (χ0) is 12.7. The SMILES string of the molecule is CC(C)C(N=CN)C(=O)NCc1cccnc1. The Morgan fingerprint density at radius 1 is 1.65 bits per heavy atom. The number of carbonyl (C=O) groups excluding carboxylic acids is 1. The van der Waals surface area contributed by atoms with Crippen LogP contribution in [0.2, 0.25) is 0 Å². The van der Waals surface area contributed by atoms with Gasteiger partial charge in [-0.05, 0) is 17.5 Å². The molecular formula is C12H18N4O. The van der Waals surface area contributed by atoms with E-state index in [1.165, 1.54) is 6.34 Å². The lowest BCUT2D eigenvalue weighted by Crippen LogP contribution is -2.36. The molecule has 0 radical (unpaired) electrons. The first-order chi connectivity index (χ1) is 8.15. The summed E-state index contributed by atoms with van der Waals surface area (Å²) in [5.74, 6) is -0.00532. The largest absolute Gasteiger partial charge is 0.390 e. The van der Waals surface area contributed by atoms with E-state index in [0.29, 0.717) is 6.54 Å². The number of hydrogen-bond donors (Lipinski definition) is 2. The van der Waals surface area contributed by atoms with Crippen molar-refractivity contribution < 1.29 is 4.79 Å². The van der Waals surface area contributed by atoms with E-state index in [0.717, 1.165) is 5.56 Å². The molecular weight excluding hydrogens is 216 g/mol. The molecule has 1 aromatic heterocycles. The van der Waals surface area contributed by atoms with Crippen LogP contribution in [0, 0.1) is 5.92 Å². The normalized spacial score (nSPS) is 12.9. The van der Waals surface area contributed by atoms with Gasteiger partial charge in [-0.2, -0.15) is 0 Å². The molecule has 92 valence electrons. The second-order valence-corrected chi connectivity index (χ2v) is 4.07. The topological polar surface area (TPSA) is 80.4 Å². The molecule has 0 aliphatic heterocycles. The van der Waals surface area contributed by atoms with Crippen molar-refractivity contribution in [3.63, 3.8) is 0 Å². The maximum absolute atomic E-state index is 11.8. The van der Waals surface area contributed by atoms with Crippen molar-refractivity contribution in [2.24, 2.45) is 16.6 Å². The molecule has 0 aromatic carbocycles. The minimum absolute atomic E-state index is 0.115. The van der Waals surface area contributed by atoms with Crippen molar-refractivity contribution in [1.82, 2.24) is 10.3 Å². The summed E-state index contributed by atoms with van der Waals surface area (Å²) in [5.41, 5.74) is 6.19. The van der Waals surface area contributed by atoms with Crippen LogP contribution in [-0.4, -0.2) is 23.3 Å². The Hall–Kier alpha value is -1.91. The van der Waals surface area contributed by atoms with Crippen molar-refractivity contribution in [2.45, 2.75) is 26.4 Å². The molecule has 1 unspecified atom stereocenters. The van der Waals surface area contributed by atoms with Gasteiger partial charge in [0.15, 0.2) is 0 Å². The van der Waals surface area contributed by atoms with E-state index in [1.54, 1.807) is 12.4 Å². The molecule has 0 aliphatic rings. The number of rotatable bonds is 5. The molecule has 0 bridgehead atoms. The molecule has 5 heteroatoms.